The fraction of sp³-hybridized carbons (Fsp3) is 0.333. The number of aliphatic carboxylic acids is 1. The minimum Gasteiger partial charge on any atom is -0.481 e. The number of carboxylic acids is 1. The van der Waals surface area contributed by atoms with Gasteiger partial charge >= 0.3 is 5.97 Å². The number of nitrogens with one attached hydrogen (secondary N) is 2. The molecule has 1 heterocycles. The molecular weight excluding hydrogens is 465 g/mol. The van der Waals surface area contributed by atoms with Crippen LogP contribution in [-0.4, -0.2) is 27.8 Å². The number of ketones is 1. The van der Waals surface area contributed by atoms with Gasteiger partial charge in [-0.1, -0.05) is 49.2 Å². The molecule has 174 valence electrons. The zero-order chi connectivity index (χ0) is 24.1. The molecule has 1 amide bonds. The van der Waals surface area contributed by atoms with Crippen molar-refractivity contribution in [2.75, 3.05) is 5.32 Å². The Morgan fingerprint density at radius 1 is 1.09 bits per heavy atom. The van der Waals surface area contributed by atoms with Crippen LogP contribution in [0.15, 0.2) is 47.9 Å². The molecule has 0 bridgehead atoms. The fourth-order valence-electron chi connectivity index (χ4n) is 3.77. The summed E-state index contributed by atoms with van der Waals surface area (Å²) < 4.78 is 0. The number of anilines is 1. The molecule has 3 rings (SSSR count). The van der Waals surface area contributed by atoms with E-state index in [0.29, 0.717) is 30.9 Å². The maximum atomic E-state index is 12.6. The molecule has 0 spiro atoms. The summed E-state index contributed by atoms with van der Waals surface area (Å²) in [6.45, 7) is 4.09. The first-order valence-corrected chi connectivity index (χ1v) is 11.3. The molecule has 2 aromatic rings. The number of pyridine rings is 1. The highest BCUT2D eigenvalue weighted by Crippen LogP contribution is 2.30. The Balaban J connectivity index is 1.79. The van der Waals surface area contributed by atoms with Crippen LogP contribution >= 0.6 is 23.2 Å². The number of benzene rings is 1. The molecule has 0 saturated carbocycles. The zero-order valence-corrected chi connectivity index (χ0v) is 19.8. The number of nitrogens with zero attached hydrogens (tertiary/aromatic N) is 1. The summed E-state index contributed by atoms with van der Waals surface area (Å²) in [6.07, 6.45) is 4.20. The molecular formula is C24H25Cl2N3O4. The molecule has 1 unspecified atom stereocenters. The molecule has 0 fully saturated rings. The summed E-state index contributed by atoms with van der Waals surface area (Å²) in [5, 5.41) is 15.7. The second-order valence-electron chi connectivity index (χ2n) is 8.33. The van der Waals surface area contributed by atoms with E-state index in [4.69, 9.17) is 23.2 Å². The number of Topliss-reactive ketones (excluding diaryl/α,β-unsaturated/α-hetero) is 1. The summed E-state index contributed by atoms with van der Waals surface area (Å²) in [7, 11) is 0. The van der Waals surface area contributed by atoms with Crippen molar-refractivity contribution in [2.45, 2.75) is 45.6 Å². The molecule has 7 nitrogen and oxygen atoms in total. The first kappa shape index (κ1) is 24.7. The second-order valence-corrected chi connectivity index (χ2v) is 9.14. The monoisotopic (exact) mass is 489 g/mol. The first-order valence-electron chi connectivity index (χ1n) is 10.6. The molecule has 0 aliphatic heterocycles. The number of carbonyl (C=O) groups excluding carboxylic acids is 2. The normalized spacial score (nSPS) is 14.5. The molecule has 3 N–H and O–H groups in total. The van der Waals surface area contributed by atoms with Crippen molar-refractivity contribution in [3.05, 3.63) is 69.1 Å². The number of carbonyl (C=O) groups is 3. The molecule has 9 heteroatoms. The van der Waals surface area contributed by atoms with E-state index in [1.807, 2.05) is 13.8 Å². The van der Waals surface area contributed by atoms with Crippen molar-refractivity contribution in [3.8, 4) is 0 Å². The number of aromatic nitrogens is 1. The van der Waals surface area contributed by atoms with Gasteiger partial charge in [0.1, 0.15) is 0 Å². The van der Waals surface area contributed by atoms with E-state index in [1.54, 1.807) is 24.3 Å². The topological polar surface area (TPSA) is 108 Å². The minimum atomic E-state index is -0.956. The first-order chi connectivity index (χ1) is 15.7. The lowest BCUT2D eigenvalue weighted by Crippen LogP contribution is -2.24. The number of carboxylic acid groups (broad SMARTS) is 1. The average Bonchev–Trinajstić information content (AvgIpc) is 3.06. The Bertz CT molecular complexity index is 1080. The van der Waals surface area contributed by atoms with Gasteiger partial charge in [-0.2, -0.15) is 0 Å². The van der Waals surface area contributed by atoms with E-state index >= 15 is 0 Å². The SMILES string of the molecule is CC(C)CC1=C(NC(CC(=O)O)c2ccc(NC(=O)c3c(Cl)cncc3Cl)cc2)CCC1=O. The third-order valence-electron chi connectivity index (χ3n) is 5.29. The summed E-state index contributed by atoms with van der Waals surface area (Å²) in [5.74, 6) is -0.996. The smallest absolute Gasteiger partial charge is 0.305 e. The third kappa shape index (κ3) is 6.33. The molecule has 33 heavy (non-hydrogen) atoms. The number of allylic oxidation sites excluding steroid dienone is 2. The van der Waals surface area contributed by atoms with E-state index in [0.717, 1.165) is 16.8 Å². The summed E-state index contributed by atoms with van der Waals surface area (Å²) in [5.41, 5.74) is 2.93. The lowest BCUT2D eigenvalue weighted by atomic mass is 9.99. The molecule has 1 atom stereocenters. The number of amides is 1. The average molecular weight is 490 g/mol. The Labute approximate surface area is 202 Å². The number of halogens is 2. The third-order valence-corrected chi connectivity index (χ3v) is 5.87. The number of rotatable bonds is 9. The maximum absolute atomic E-state index is 12.6. The van der Waals surface area contributed by atoms with Gasteiger partial charge < -0.3 is 15.7 Å². The van der Waals surface area contributed by atoms with E-state index in [2.05, 4.69) is 15.6 Å². The van der Waals surface area contributed by atoms with Crippen molar-refractivity contribution in [1.82, 2.24) is 10.3 Å². The van der Waals surface area contributed by atoms with Gasteiger partial charge in [-0.25, -0.2) is 0 Å². The predicted molar refractivity (Wildman–Crippen MR) is 128 cm³/mol. The van der Waals surface area contributed by atoms with Crippen molar-refractivity contribution in [3.63, 3.8) is 0 Å². The number of hydrogen-bond acceptors (Lipinski definition) is 5. The zero-order valence-electron chi connectivity index (χ0n) is 18.3. The van der Waals surface area contributed by atoms with Crippen LogP contribution in [0.4, 0.5) is 5.69 Å². The summed E-state index contributed by atoms with van der Waals surface area (Å²) in [6, 6.07) is 6.32. The van der Waals surface area contributed by atoms with E-state index in [-0.39, 0.29) is 27.8 Å². The van der Waals surface area contributed by atoms with Crippen molar-refractivity contribution in [1.29, 1.82) is 0 Å². The maximum Gasteiger partial charge on any atom is 0.305 e. The highest BCUT2D eigenvalue weighted by molar-refractivity contribution is 6.40. The molecule has 0 radical (unpaired) electrons. The van der Waals surface area contributed by atoms with Crippen molar-refractivity contribution >= 4 is 46.5 Å². The summed E-state index contributed by atoms with van der Waals surface area (Å²) >= 11 is 12.1. The Hall–Kier alpha value is -2.90. The van der Waals surface area contributed by atoms with Crippen LogP contribution in [0, 0.1) is 5.92 Å². The van der Waals surface area contributed by atoms with Crippen LogP contribution < -0.4 is 10.6 Å². The van der Waals surface area contributed by atoms with Gasteiger partial charge in [-0.15, -0.1) is 0 Å². The van der Waals surface area contributed by atoms with Gasteiger partial charge in [0.25, 0.3) is 5.91 Å². The lowest BCUT2D eigenvalue weighted by Gasteiger charge is -2.21. The largest absolute Gasteiger partial charge is 0.481 e. The fourth-order valence-corrected chi connectivity index (χ4v) is 4.31. The van der Waals surface area contributed by atoms with Crippen LogP contribution in [0.1, 0.15) is 61.5 Å². The van der Waals surface area contributed by atoms with E-state index in [1.165, 1.54) is 12.4 Å². The summed E-state index contributed by atoms with van der Waals surface area (Å²) in [4.78, 5) is 40.2. The standard InChI is InChI=1S/C24H25Cl2N3O4/c1-13(2)9-16-19(7-8-21(16)30)29-20(10-22(31)32)14-3-5-15(6-4-14)28-24(33)23-17(25)11-27-12-18(23)26/h3-6,11-13,20,29H,7-10H2,1-2H3,(H,28,33)(H,31,32). The minimum absolute atomic E-state index is 0.117. The van der Waals surface area contributed by atoms with Crippen LogP contribution in [0.5, 0.6) is 0 Å². The van der Waals surface area contributed by atoms with E-state index < -0.39 is 17.9 Å². The van der Waals surface area contributed by atoms with Crippen LogP contribution in [0.25, 0.3) is 0 Å². The van der Waals surface area contributed by atoms with Crippen LogP contribution in [0.2, 0.25) is 10.0 Å². The van der Waals surface area contributed by atoms with Gasteiger partial charge in [0, 0.05) is 35.8 Å². The molecule has 1 aliphatic carbocycles. The molecule has 1 aromatic carbocycles. The molecule has 1 aromatic heterocycles. The van der Waals surface area contributed by atoms with Gasteiger partial charge in [-0.3, -0.25) is 19.4 Å². The van der Waals surface area contributed by atoms with Crippen molar-refractivity contribution in [2.24, 2.45) is 5.92 Å². The Morgan fingerprint density at radius 3 is 2.30 bits per heavy atom. The van der Waals surface area contributed by atoms with Crippen molar-refractivity contribution < 1.29 is 19.5 Å². The number of hydrogen-bond donors (Lipinski definition) is 3. The molecule has 0 saturated heterocycles. The van der Waals surface area contributed by atoms with E-state index in [9.17, 15) is 19.5 Å². The lowest BCUT2D eigenvalue weighted by molar-refractivity contribution is -0.137. The van der Waals surface area contributed by atoms with Gasteiger partial charge in [0.05, 0.1) is 28.1 Å². The Kier molecular flexibility index (Phi) is 8.10. The van der Waals surface area contributed by atoms with Crippen LogP contribution in [-0.2, 0) is 9.59 Å². The highest BCUT2D eigenvalue weighted by Gasteiger charge is 2.26. The van der Waals surface area contributed by atoms with Gasteiger partial charge in [0.2, 0.25) is 0 Å². The quantitative estimate of drug-likeness (QED) is 0.434. The van der Waals surface area contributed by atoms with Gasteiger partial charge in [-0.05, 0) is 36.5 Å². The Morgan fingerprint density at radius 2 is 1.73 bits per heavy atom. The van der Waals surface area contributed by atoms with Gasteiger partial charge in [0.15, 0.2) is 5.78 Å². The second kappa shape index (κ2) is 10.8. The highest BCUT2D eigenvalue weighted by atomic mass is 35.5. The predicted octanol–water partition coefficient (Wildman–Crippen LogP) is 5.41. The molecule has 1 aliphatic rings. The van der Waals surface area contributed by atoms with Crippen LogP contribution in [0.3, 0.4) is 0 Å².